The van der Waals surface area contributed by atoms with E-state index in [9.17, 15) is 14.7 Å². The molecule has 0 heterocycles. The molecule has 1 aliphatic rings. The second-order valence-electron chi connectivity index (χ2n) is 8.94. The smallest absolute Gasteiger partial charge is 0.407 e. The Labute approximate surface area is 217 Å². The molecule has 3 aromatic carbocycles. The van der Waals surface area contributed by atoms with Crippen molar-refractivity contribution in [1.29, 1.82) is 0 Å². The van der Waals surface area contributed by atoms with Crippen LogP contribution in [0.3, 0.4) is 0 Å². The molecular weight excluding hydrogens is 468 g/mol. The molecule has 192 valence electrons. The number of hydrogen-bond donors (Lipinski definition) is 3. The molecule has 1 unspecified atom stereocenters. The van der Waals surface area contributed by atoms with Gasteiger partial charge in [0.15, 0.2) is 0 Å². The summed E-state index contributed by atoms with van der Waals surface area (Å²) in [4.78, 5) is 24.6. The summed E-state index contributed by atoms with van der Waals surface area (Å²) in [5, 5.41) is 16.6. The van der Waals surface area contributed by atoms with Crippen molar-refractivity contribution in [1.82, 2.24) is 10.6 Å². The average molecular weight is 501 g/mol. The standard InChI is InChI=1S/C30H32N2O5/c1-2-16-36-29(34)19-31-18-28(33)27(17-21-10-4-3-5-11-21)32-30(35)37-20-26-24-14-8-6-12-22(24)23-13-7-9-15-25(23)26/h2-15,26-28,31,33H,1,16-20H2,(H,32,35)/t27-,28?/m0/s1. The van der Waals surface area contributed by atoms with Gasteiger partial charge in [0.1, 0.15) is 13.2 Å². The van der Waals surface area contributed by atoms with Crippen LogP contribution in [-0.4, -0.2) is 55.6 Å². The predicted molar refractivity (Wildman–Crippen MR) is 142 cm³/mol. The third-order valence-corrected chi connectivity index (χ3v) is 6.39. The topological polar surface area (TPSA) is 96.9 Å². The molecule has 3 aromatic rings. The summed E-state index contributed by atoms with van der Waals surface area (Å²) in [6, 6.07) is 25.2. The molecule has 1 amide bonds. The molecule has 4 rings (SSSR count). The van der Waals surface area contributed by atoms with Crippen LogP contribution >= 0.6 is 0 Å². The van der Waals surface area contributed by atoms with E-state index < -0.39 is 24.2 Å². The number of carbonyl (C=O) groups excluding carboxylic acids is 2. The largest absolute Gasteiger partial charge is 0.461 e. The molecule has 7 nitrogen and oxygen atoms in total. The van der Waals surface area contributed by atoms with E-state index in [0.29, 0.717) is 6.42 Å². The van der Waals surface area contributed by atoms with E-state index in [1.807, 2.05) is 54.6 Å². The van der Waals surface area contributed by atoms with Crippen LogP contribution in [-0.2, 0) is 20.7 Å². The normalized spacial score (nSPS) is 13.6. The van der Waals surface area contributed by atoms with E-state index in [1.54, 1.807) is 0 Å². The third kappa shape index (κ3) is 6.84. The number of hydrogen-bond acceptors (Lipinski definition) is 6. The Kier molecular flexibility index (Phi) is 9.08. The van der Waals surface area contributed by atoms with Gasteiger partial charge >= 0.3 is 12.1 Å². The lowest BCUT2D eigenvalue weighted by Gasteiger charge is -2.25. The van der Waals surface area contributed by atoms with Crippen molar-refractivity contribution in [3.05, 3.63) is 108 Å². The molecule has 3 N–H and O–H groups in total. The highest BCUT2D eigenvalue weighted by molar-refractivity contribution is 5.79. The minimum atomic E-state index is -0.965. The zero-order valence-corrected chi connectivity index (χ0v) is 20.6. The van der Waals surface area contributed by atoms with Crippen molar-refractivity contribution in [3.63, 3.8) is 0 Å². The van der Waals surface area contributed by atoms with E-state index in [4.69, 9.17) is 9.47 Å². The maximum Gasteiger partial charge on any atom is 0.407 e. The molecule has 0 fully saturated rings. The average Bonchev–Trinajstić information content (AvgIpc) is 3.24. The lowest BCUT2D eigenvalue weighted by molar-refractivity contribution is -0.141. The monoisotopic (exact) mass is 500 g/mol. The van der Waals surface area contributed by atoms with Crippen molar-refractivity contribution < 1.29 is 24.2 Å². The number of esters is 1. The summed E-state index contributed by atoms with van der Waals surface area (Å²) in [6.45, 7) is 3.84. The zero-order valence-electron chi connectivity index (χ0n) is 20.6. The number of fused-ring (bicyclic) bond motifs is 3. The van der Waals surface area contributed by atoms with Crippen molar-refractivity contribution in [2.45, 2.75) is 24.5 Å². The number of aliphatic hydroxyl groups is 1. The fourth-order valence-corrected chi connectivity index (χ4v) is 4.61. The summed E-state index contributed by atoms with van der Waals surface area (Å²) >= 11 is 0. The molecule has 0 radical (unpaired) electrons. The number of aliphatic hydroxyl groups excluding tert-OH is 1. The first-order valence-corrected chi connectivity index (χ1v) is 12.4. The van der Waals surface area contributed by atoms with E-state index in [0.717, 1.165) is 27.8 Å². The van der Waals surface area contributed by atoms with Gasteiger partial charge in [-0.2, -0.15) is 0 Å². The van der Waals surface area contributed by atoms with Crippen LogP contribution in [0.25, 0.3) is 11.1 Å². The van der Waals surface area contributed by atoms with Crippen LogP contribution in [0.5, 0.6) is 0 Å². The van der Waals surface area contributed by atoms with Crippen LogP contribution in [0.2, 0.25) is 0 Å². The van der Waals surface area contributed by atoms with Gasteiger partial charge in [-0.15, -0.1) is 0 Å². The lowest BCUT2D eigenvalue weighted by Crippen LogP contribution is -2.49. The molecule has 2 atom stereocenters. The number of amides is 1. The van der Waals surface area contributed by atoms with Gasteiger partial charge in [-0.1, -0.05) is 91.5 Å². The van der Waals surface area contributed by atoms with E-state index in [-0.39, 0.29) is 32.2 Å². The Hall–Kier alpha value is -3.94. The van der Waals surface area contributed by atoms with E-state index in [1.165, 1.54) is 6.08 Å². The number of nitrogens with one attached hydrogen (secondary N) is 2. The van der Waals surface area contributed by atoms with Gasteiger partial charge in [0, 0.05) is 12.5 Å². The maximum absolute atomic E-state index is 12.9. The van der Waals surface area contributed by atoms with Crippen LogP contribution in [0.15, 0.2) is 91.5 Å². The number of rotatable bonds is 12. The van der Waals surface area contributed by atoms with Crippen LogP contribution in [0.1, 0.15) is 22.6 Å². The Balaban J connectivity index is 1.38. The first-order chi connectivity index (χ1) is 18.1. The Morgan fingerprint density at radius 2 is 1.54 bits per heavy atom. The number of alkyl carbamates (subject to hydrolysis) is 1. The first kappa shape index (κ1) is 26.1. The lowest BCUT2D eigenvalue weighted by atomic mass is 9.98. The van der Waals surface area contributed by atoms with Crippen molar-refractivity contribution >= 4 is 12.1 Å². The molecule has 0 aliphatic heterocycles. The van der Waals surface area contributed by atoms with E-state index in [2.05, 4.69) is 41.5 Å². The Bertz CT molecular complexity index is 1170. The Morgan fingerprint density at radius 3 is 2.19 bits per heavy atom. The highest BCUT2D eigenvalue weighted by Crippen LogP contribution is 2.44. The predicted octanol–water partition coefficient (Wildman–Crippen LogP) is 3.82. The third-order valence-electron chi connectivity index (χ3n) is 6.39. The second-order valence-corrected chi connectivity index (χ2v) is 8.94. The highest BCUT2D eigenvalue weighted by atomic mass is 16.5. The molecular formula is C30H32N2O5. The summed E-state index contributed by atoms with van der Waals surface area (Å²) in [7, 11) is 0. The van der Waals surface area contributed by atoms with Gasteiger partial charge in [-0.25, -0.2) is 4.79 Å². The fourth-order valence-electron chi connectivity index (χ4n) is 4.61. The molecule has 37 heavy (non-hydrogen) atoms. The number of carbonyl (C=O) groups is 2. The summed E-state index contributed by atoms with van der Waals surface area (Å²) < 4.78 is 10.6. The van der Waals surface area contributed by atoms with Crippen molar-refractivity contribution in [2.75, 3.05) is 26.3 Å². The van der Waals surface area contributed by atoms with Crippen molar-refractivity contribution in [2.24, 2.45) is 0 Å². The summed E-state index contributed by atoms with van der Waals surface area (Å²) in [5.41, 5.74) is 5.52. The van der Waals surface area contributed by atoms with E-state index >= 15 is 0 Å². The summed E-state index contributed by atoms with van der Waals surface area (Å²) in [5.74, 6) is -0.505. The maximum atomic E-state index is 12.9. The van der Waals surface area contributed by atoms with Gasteiger partial charge < -0.3 is 25.2 Å². The molecule has 0 spiro atoms. The SMILES string of the molecule is C=CCOC(=O)CNCC(O)[C@H](Cc1ccccc1)NC(=O)OCC1c2ccccc2-c2ccccc21. The van der Waals surface area contributed by atoms with Gasteiger partial charge in [-0.05, 0) is 34.2 Å². The molecule has 7 heteroatoms. The molecule has 1 aliphatic carbocycles. The second kappa shape index (κ2) is 12.9. The number of ether oxygens (including phenoxy) is 2. The van der Waals surface area contributed by atoms with Gasteiger partial charge in [-0.3, -0.25) is 4.79 Å². The Morgan fingerprint density at radius 1 is 0.919 bits per heavy atom. The molecule has 0 saturated carbocycles. The molecule has 0 aromatic heterocycles. The van der Waals surface area contributed by atoms with Crippen LogP contribution < -0.4 is 10.6 Å². The quantitative estimate of drug-likeness (QED) is 0.259. The number of benzene rings is 3. The minimum absolute atomic E-state index is 0.0566. The van der Waals surface area contributed by atoms with Gasteiger partial charge in [0.05, 0.1) is 18.7 Å². The fraction of sp³-hybridized carbons (Fsp3) is 0.267. The summed E-state index contributed by atoms with van der Waals surface area (Å²) in [6.07, 6.45) is 0.315. The molecule has 0 bridgehead atoms. The van der Waals surface area contributed by atoms with Crippen LogP contribution in [0.4, 0.5) is 4.79 Å². The van der Waals surface area contributed by atoms with Gasteiger partial charge in [0.2, 0.25) is 0 Å². The van der Waals surface area contributed by atoms with Gasteiger partial charge in [0.25, 0.3) is 0 Å². The van der Waals surface area contributed by atoms with Crippen LogP contribution in [0, 0.1) is 0 Å². The van der Waals surface area contributed by atoms with Crippen molar-refractivity contribution in [3.8, 4) is 11.1 Å². The highest BCUT2D eigenvalue weighted by Gasteiger charge is 2.30. The minimum Gasteiger partial charge on any atom is -0.461 e. The zero-order chi connectivity index (χ0) is 26.0. The molecule has 0 saturated heterocycles. The first-order valence-electron chi connectivity index (χ1n) is 12.4.